The number of para-hydroxylation sites is 2. The zero-order valence-corrected chi connectivity index (χ0v) is 20.4. The topological polar surface area (TPSA) is 47.4 Å². The van der Waals surface area contributed by atoms with E-state index in [2.05, 4.69) is 66.1 Å². The third-order valence-corrected chi connectivity index (χ3v) is 6.86. The quantitative estimate of drug-likeness (QED) is 0.270. The van der Waals surface area contributed by atoms with E-state index in [1.54, 1.807) is 0 Å². The maximum Gasteiger partial charge on any atom is 0.223 e. The lowest BCUT2D eigenvalue weighted by Crippen LogP contribution is -2.24. The van der Waals surface area contributed by atoms with Crippen LogP contribution in [0.4, 0.5) is 0 Å². The molecule has 0 radical (unpaired) electrons. The molecule has 5 rings (SSSR count). The monoisotopic (exact) mass is 467 g/mol. The molecule has 1 aliphatic heterocycles. The fraction of sp³-hybridized carbons (Fsp3) is 0.333. The van der Waals surface area contributed by atoms with Gasteiger partial charge in [0.2, 0.25) is 5.91 Å². The van der Waals surface area contributed by atoms with E-state index in [0.717, 1.165) is 48.4 Å². The number of nitrogens with zero attached hydrogens (tertiary/aromatic N) is 3. The number of carbonyl (C=O) groups is 1. The van der Waals surface area contributed by atoms with Crippen molar-refractivity contribution in [3.05, 3.63) is 95.8 Å². The number of likely N-dealkylation sites (tertiary alicyclic amines) is 1. The van der Waals surface area contributed by atoms with E-state index in [9.17, 15) is 4.79 Å². The van der Waals surface area contributed by atoms with Crippen LogP contribution in [0.25, 0.3) is 11.0 Å². The van der Waals surface area contributed by atoms with Gasteiger partial charge in [0, 0.05) is 32.0 Å². The van der Waals surface area contributed by atoms with E-state index in [4.69, 9.17) is 9.72 Å². The molecule has 1 amide bonds. The summed E-state index contributed by atoms with van der Waals surface area (Å²) in [6.07, 6.45) is 3.52. The first kappa shape index (κ1) is 23.2. The van der Waals surface area contributed by atoms with E-state index in [0.29, 0.717) is 26.1 Å². The van der Waals surface area contributed by atoms with Crippen molar-refractivity contribution in [2.24, 2.45) is 0 Å². The Morgan fingerprint density at radius 3 is 2.49 bits per heavy atom. The van der Waals surface area contributed by atoms with Gasteiger partial charge in [0.1, 0.15) is 11.6 Å². The summed E-state index contributed by atoms with van der Waals surface area (Å²) in [4.78, 5) is 19.8. The average Bonchev–Trinajstić information content (AvgIpc) is 3.45. The van der Waals surface area contributed by atoms with Gasteiger partial charge in [0.05, 0.1) is 17.6 Å². The van der Waals surface area contributed by atoms with Crippen LogP contribution in [-0.2, 0) is 24.3 Å². The average molecular weight is 468 g/mol. The summed E-state index contributed by atoms with van der Waals surface area (Å²) in [5, 5.41) is 0. The van der Waals surface area contributed by atoms with Crippen molar-refractivity contribution < 1.29 is 9.53 Å². The molecule has 1 aromatic heterocycles. The van der Waals surface area contributed by atoms with Crippen molar-refractivity contribution in [1.82, 2.24) is 14.5 Å². The number of aromatic nitrogens is 2. The second kappa shape index (κ2) is 10.8. The predicted octanol–water partition coefficient (Wildman–Crippen LogP) is 5.97. The summed E-state index contributed by atoms with van der Waals surface area (Å²) >= 11 is 0. The molecule has 1 aliphatic rings. The van der Waals surface area contributed by atoms with Crippen LogP contribution in [-0.4, -0.2) is 33.5 Å². The SMILES string of the molecule is CCc1ccc(OCCCCn2c([C@@H]3CC(=O)N(Cc4ccccc4)C3)nc3ccccc32)cc1. The Morgan fingerprint density at radius 1 is 0.914 bits per heavy atom. The summed E-state index contributed by atoms with van der Waals surface area (Å²) in [5.41, 5.74) is 4.64. The Morgan fingerprint density at radius 2 is 1.69 bits per heavy atom. The molecule has 0 N–H and O–H groups in total. The lowest BCUT2D eigenvalue weighted by molar-refractivity contribution is -0.128. The molecule has 3 aromatic carbocycles. The van der Waals surface area contributed by atoms with Crippen LogP contribution in [0.5, 0.6) is 5.75 Å². The second-order valence-electron chi connectivity index (χ2n) is 9.32. The number of rotatable bonds is 10. The van der Waals surface area contributed by atoms with Crippen molar-refractivity contribution in [3.8, 4) is 5.75 Å². The summed E-state index contributed by atoms with van der Waals surface area (Å²) in [6.45, 7) is 5.10. The fourth-order valence-electron chi connectivity index (χ4n) is 4.93. The number of aryl methyl sites for hydroxylation is 2. The van der Waals surface area contributed by atoms with E-state index in [-0.39, 0.29) is 11.8 Å². The summed E-state index contributed by atoms with van der Waals surface area (Å²) < 4.78 is 8.28. The maximum absolute atomic E-state index is 12.8. The van der Waals surface area contributed by atoms with E-state index in [1.807, 2.05) is 29.2 Å². The first-order valence-corrected chi connectivity index (χ1v) is 12.7. The van der Waals surface area contributed by atoms with Crippen LogP contribution in [0.1, 0.15) is 49.1 Å². The Balaban J connectivity index is 1.24. The van der Waals surface area contributed by atoms with E-state index < -0.39 is 0 Å². The first-order valence-electron chi connectivity index (χ1n) is 12.7. The van der Waals surface area contributed by atoms with Crippen LogP contribution < -0.4 is 4.74 Å². The summed E-state index contributed by atoms with van der Waals surface area (Å²) in [6, 6.07) is 26.9. The fourth-order valence-corrected chi connectivity index (χ4v) is 4.93. The van der Waals surface area contributed by atoms with Crippen molar-refractivity contribution in [3.63, 3.8) is 0 Å². The van der Waals surface area contributed by atoms with Crippen molar-refractivity contribution in [2.75, 3.05) is 13.2 Å². The van der Waals surface area contributed by atoms with Crippen LogP contribution in [0.2, 0.25) is 0 Å². The van der Waals surface area contributed by atoms with E-state index in [1.165, 1.54) is 11.1 Å². The summed E-state index contributed by atoms with van der Waals surface area (Å²) in [5.74, 6) is 2.29. The normalized spacial score (nSPS) is 15.7. The molecule has 0 aliphatic carbocycles. The molecule has 1 fully saturated rings. The van der Waals surface area contributed by atoms with Gasteiger partial charge in [-0.25, -0.2) is 4.98 Å². The molecule has 5 nitrogen and oxygen atoms in total. The molecular weight excluding hydrogens is 434 g/mol. The van der Waals surface area contributed by atoms with Gasteiger partial charge in [-0.2, -0.15) is 0 Å². The van der Waals surface area contributed by atoms with Gasteiger partial charge >= 0.3 is 0 Å². The van der Waals surface area contributed by atoms with E-state index >= 15 is 0 Å². The number of fused-ring (bicyclic) bond motifs is 1. The van der Waals surface area contributed by atoms with Gasteiger partial charge in [0.15, 0.2) is 0 Å². The van der Waals surface area contributed by atoms with Crippen LogP contribution in [0.15, 0.2) is 78.9 Å². The molecule has 1 atom stereocenters. The molecule has 2 heterocycles. The number of amides is 1. The lowest BCUT2D eigenvalue weighted by Gasteiger charge is -2.17. The largest absolute Gasteiger partial charge is 0.494 e. The molecule has 0 spiro atoms. The maximum atomic E-state index is 12.8. The predicted molar refractivity (Wildman–Crippen MR) is 139 cm³/mol. The Kier molecular flexibility index (Phi) is 7.12. The number of benzene rings is 3. The van der Waals surface area contributed by atoms with Crippen LogP contribution in [0.3, 0.4) is 0 Å². The molecule has 0 bridgehead atoms. The second-order valence-corrected chi connectivity index (χ2v) is 9.32. The Labute approximate surface area is 207 Å². The highest BCUT2D eigenvalue weighted by molar-refractivity contribution is 5.81. The highest BCUT2D eigenvalue weighted by Crippen LogP contribution is 2.31. The number of hydrogen-bond donors (Lipinski definition) is 0. The van der Waals surface area contributed by atoms with Crippen molar-refractivity contribution in [2.45, 2.75) is 51.6 Å². The van der Waals surface area contributed by atoms with Gasteiger partial charge in [-0.3, -0.25) is 4.79 Å². The Bertz CT molecular complexity index is 1260. The number of imidazole rings is 1. The summed E-state index contributed by atoms with van der Waals surface area (Å²) in [7, 11) is 0. The number of hydrogen-bond acceptors (Lipinski definition) is 3. The van der Waals surface area contributed by atoms with Gasteiger partial charge in [0.25, 0.3) is 0 Å². The number of ether oxygens (including phenoxy) is 1. The van der Waals surface area contributed by atoms with Gasteiger partial charge < -0.3 is 14.2 Å². The number of unbranched alkanes of at least 4 members (excludes halogenated alkanes) is 1. The lowest BCUT2D eigenvalue weighted by atomic mass is 10.1. The molecule has 4 aromatic rings. The molecule has 180 valence electrons. The molecule has 1 saturated heterocycles. The minimum Gasteiger partial charge on any atom is -0.494 e. The van der Waals surface area contributed by atoms with Gasteiger partial charge in [-0.1, -0.05) is 61.5 Å². The minimum absolute atomic E-state index is 0.118. The third kappa shape index (κ3) is 5.40. The zero-order chi connectivity index (χ0) is 24.0. The molecule has 0 unspecified atom stereocenters. The first-order chi connectivity index (χ1) is 17.2. The highest BCUT2D eigenvalue weighted by atomic mass is 16.5. The smallest absolute Gasteiger partial charge is 0.223 e. The Hall–Kier alpha value is -3.60. The van der Waals surface area contributed by atoms with Crippen molar-refractivity contribution in [1.29, 1.82) is 0 Å². The minimum atomic E-state index is 0.118. The zero-order valence-electron chi connectivity index (χ0n) is 20.4. The highest BCUT2D eigenvalue weighted by Gasteiger charge is 2.33. The number of carbonyl (C=O) groups excluding carboxylic acids is 1. The molecule has 35 heavy (non-hydrogen) atoms. The van der Waals surface area contributed by atoms with Crippen LogP contribution >= 0.6 is 0 Å². The van der Waals surface area contributed by atoms with Gasteiger partial charge in [-0.05, 0) is 54.7 Å². The molecular formula is C30H33N3O2. The van der Waals surface area contributed by atoms with Crippen molar-refractivity contribution >= 4 is 16.9 Å². The third-order valence-electron chi connectivity index (χ3n) is 6.86. The van der Waals surface area contributed by atoms with Gasteiger partial charge in [-0.15, -0.1) is 0 Å². The van der Waals surface area contributed by atoms with Crippen LogP contribution in [0, 0.1) is 0 Å². The molecule has 5 heteroatoms. The standard InChI is InChI=1S/C30H33N3O2/c1-2-23-14-16-26(17-15-23)35-19-9-8-18-33-28-13-7-6-12-27(28)31-30(33)25-20-29(34)32(22-25)21-24-10-4-3-5-11-24/h3-7,10-17,25H,2,8-9,18-22H2,1H3/t25-/m1/s1. The molecule has 0 saturated carbocycles.